The highest BCUT2D eigenvalue weighted by Gasteiger charge is 2.47. The number of amides is 3. The number of carbonyl (C=O) groups excluding carboxylic acids is 4. The van der Waals surface area contributed by atoms with E-state index in [-0.39, 0.29) is 28.9 Å². The largest absolute Gasteiger partial charge is 0.335 e. The number of imide groups is 1. The minimum atomic E-state index is -0.695. The third-order valence-electron chi connectivity index (χ3n) is 7.18. The summed E-state index contributed by atoms with van der Waals surface area (Å²) in [6, 6.07) is 3.35. The van der Waals surface area contributed by atoms with Crippen LogP contribution in [0.15, 0.2) is 12.1 Å². The number of nitrogens with one attached hydrogen (secondary N) is 2. The second-order valence-corrected chi connectivity index (χ2v) is 11.1. The highest BCUT2D eigenvalue weighted by molar-refractivity contribution is 6.10. The third kappa shape index (κ3) is 5.58. The van der Waals surface area contributed by atoms with Gasteiger partial charge in [0.2, 0.25) is 5.91 Å². The van der Waals surface area contributed by atoms with Crippen LogP contribution in [0.2, 0.25) is 0 Å². The van der Waals surface area contributed by atoms with Crippen LogP contribution >= 0.6 is 0 Å². The van der Waals surface area contributed by atoms with Gasteiger partial charge in [-0.05, 0) is 80.7 Å². The van der Waals surface area contributed by atoms with Crippen molar-refractivity contribution in [1.29, 1.82) is 0 Å². The van der Waals surface area contributed by atoms with Crippen LogP contribution < -0.4 is 10.6 Å². The topological polar surface area (TPSA) is 92.3 Å². The quantitative estimate of drug-likeness (QED) is 0.498. The van der Waals surface area contributed by atoms with E-state index < -0.39 is 17.4 Å². The lowest BCUT2D eigenvalue weighted by molar-refractivity contribution is -0.138. The first-order valence-corrected chi connectivity index (χ1v) is 12.1. The van der Waals surface area contributed by atoms with E-state index in [1.54, 1.807) is 27.7 Å². The summed E-state index contributed by atoms with van der Waals surface area (Å²) in [5.74, 6) is 4.92. The second-order valence-electron chi connectivity index (χ2n) is 11.1. The van der Waals surface area contributed by atoms with Gasteiger partial charge < -0.3 is 5.32 Å². The number of hydrogen-bond acceptors (Lipinski definition) is 4. The fourth-order valence-corrected chi connectivity index (χ4v) is 5.39. The van der Waals surface area contributed by atoms with Crippen LogP contribution in [-0.4, -0.2) is 29.5 Å². The summed E-state index contributed by atoms with van der Waals surface area (Å²) in [4.78, 5) is 50.8. The number of carbonyl (C=O) groups is 4. The van der Waals surface area contributed by atoms with Gasteiger partial charge in [0.25, 0.3) is 0 Å². The fraction of sp³-hybridized carbons (Fsp3) is 0.571. The molecule has 0 heterocycles. The predicted octanol–water partition coefficient (Wildman–Crippen LogP) is 4.49. The Balaban J connectivity index is 1.65. The first-order valence-electron chi connectivity index (χ1n) is 12.1. The SMILES string of the molecule is CC#Cc1cc(C)c(C2C(=O)CC3(CCC(NC(=O)NC(=O)C(C)(C)C)CC3)CC2=O)c(C)c1. The van der Waals surface area contributed by atoms with Gasteiger partial charge in [-0.1, -0.05) is 26.7 Å². The van der Waals surface area contributed by atoms with Crippen molar-refractivity contribution in [2.75, 3.05) is 0 Å². The number of rotatable bonds is 2. The van der Waals surface area contributed by atoms with Crippen molar-refractivity contribution < 1.29 is 19.2 Å². The lowest BCUT2D eigenvalue weighted by Crippen LogP contribution is -2.50. The van der Waals surface area contributed by atoms with Crippen molar-refractivity contribution >= 4 is 23.5 Å². The lowest BCUT2D eigenvalue weighted by Gasteiger charge is -2.43. The summed E-state index contributed by atoms with van der Waals surface area (Å²) >= 11 is 0. The molecule has 0 radical (unpaired) electrons. The minimum Gasteiger partial charge on any atom is -0.335 e. The molecule has 0 atom stereocenters. The minimum absolute atomic E-state index is 0.00305. The number of urea groups is 1. The van der Waals surface area contributed by atoms with Crippen LogP contribution in [0.1, 0.15) is 94.4 Å². The highest BCUT2D eigenvalue weighted by Crippen LogP contribution is 2.49. The molecule has 0 bridgehead atoms. The maximum atomic E-state index is 13.3. The number of ketones is 2. The summed E-state index contributed by atoms with van der Waals surface area (Å²) in [6.45, 7) is 10.9. The van der Waals surface area contributed by atoms with Crippen LogP contribution in [-0.2, 0) is 14.4 Å². The van der Waals surface area contributed by atoms with Gasteiger partial charge in [0.15, 0.2) is 0 Å². The molecule has 2 saturated carbocycles. The highest BCUT2D eigenvalue weighted by atomic mass is 16.2. The predicted molar refractivity (Wildman–Crippen MR) is 131 cm³/mol. The Labute approximate surface area is 202 Å². The van der Waals surface area contributed by atoms with Crippen LogP contribution in [0.4, 0.5) is 4.79 Å². The van der Waals surface area contributed by atoms with Gasteiger partial charge in [-0.3, -0.25) is 19.7 Å². The van der Waals surface area contributed by atoms with Gasteiger partial charge in [-0.2, -0.15) is 0 Å². The van der Waals surface area contributed by atoms with Gasteiger partial charge in [0.1, 0.15) is 17.5 Å². The second kappa shape index (κ2) is 9.74. The molecule has 3 rings (SSSR count). The summed E-state index contributed by atoms with van der Waals surface area (Å²) in [7, 11) is 0. The molecule has 0 saturated heterocycles. The molecule has 2 aliphatic carbocycles. The zero-order valence-corrected chi connectivity index (χ0v) is 21.2. The van der Waals surface area contributed by atoms with E-state index >= 15 is 0 Å². The average molecular weight is 465 g/mol. The van der Waals surface area contributed by atoms with Crippen LogP contribution in [0, 0.1) is 36.5 Å². The monoisotopic (exact) mass is 464 g/mol. The molecule has 182 valence electrons. The van der Waals surface area contributed by atoms with Crippen LogP contribution in [0.5, 0.6) is 0 Å². The van der Waals surface area contributed by atoms with Gasteiger partial charge in [0.05, 0.1) is 0 Å². The van der Waals surface area contributed by atoms with E-state index in [0.717, 1.165) is 22.3 Å². The van der Waals surface area contributed by atoms with Gasteiger partial charge in [-0.15, -0.1) is 5.92 Å². The molecule has 2 aliphatic rings. The summed E-state index contributed by atoms with van der Waals surface area (Å²) < 4.78 is 0. The molecule has 6 heteroatoms. The third-order valence-corrected chi connectivity index (χ3v) is 7.18. The number of aryl methyl sites for hydroxylation is 2. The lowest BCUT2D eigenvalue weighted by atomic mass is 9.60. The van der Waals surface area contributed by atoms with Gasteiger partial charge in [0, 0.05) is 29.9 Å². The van der Waals surface area contributed by atoms with E-state index in [2.05, 4.69) is 22.5 Å². The Bertz CT molecular complexity index is 1030. The molecule has 0 aromatic heterocycles. The Kier molecular flexibility index (Phi) is 7.35. The Morgan fingerprint density at radius 3 is 2.00 bits per heavy atom. The normalized spacial score (nSPS) is 24.9. The molecule has 1 spiro atoms. The molecule has 3 amide bonds. The Morgan fingerprint density at radius 1 is 1.00 bits per heavy atom. The molecule has 0 aliphatic heterocycles. The van der Waals surface area contributed by atoms with Crippen molar-refractivity contribution in [3.8, 4) is 11.8 Å². The van der Waals surface area contributed by atoms with Crippen molar-refractivity contribution in [3.63, 3.8) is 0 Å². The Morgan fingerprint density at radius 2 is 1.53 bits per heavy atom. The maximum absolute atomic E-state index is 13.3. The van der Waals surface area contributed by atoms with E-state index in [9.17, 15) is 19.2 Å². The van der Waals surface area contributed by atoms with E-state index in [4.69, 9.17) is 0 Å². The van der Waals surface area contributed by atoms with Crippen molar-refractivity contribution in [3.05, 3.63) is 34.4 Å². The zero-order chi connectivity index (χ0) is 25.3. The molecular weight excluding hydrogens is 428 g/mol. The molecule has 6 nitrogen and oxygen atoms in total. The Hall–Kier alpha value is -2.94. The van der Waals surface area contributed by atoms with Gasteiger partial charge in [-0.25, -0.2) is 4.79 Å². The van der Waals surface area contributed by atoms with Crippen LogP contribution in [0.3, 0.4) is 0 Å². The van der Waals surface area contributed by atoms with Crippen LogP contribution in [0.25, 0.3) is 0 Å². The standard InChI is InChI=1S/C28H36N2O4/c1-7-8-19-13-17(2)23(18(3)14-19)24-21(31)15-28(16-22(24)32)11-9-20(10-12-28)29-26(34)30-25(33)27(4,5)6/h13-14,20,24H,9-12,15-16H2,1-6H3,(H2,29,30,33,34). The molecule has 1 aromatic carbocycles. The van der Waals surface area contributed by atoms with Crippen molar-refractivity contribution in [1.82, 2.24) is 10.6 Å². The summed E-state index contributed by atoms with van der Waals surface area (Å²) in [6.07, 6.45) is 3.56. The molecule has 1 aromatic rings. The van der Waals surface area contributed by atoms with E-state index in [1.165, 1.54) is 0 Å². The first kappa shape index (κ1) is 25.7. The molecule has 2 N–H and O–H groups in total. The smallest absolute Gasteiger partial charge is 0.321 e. The zero-order valence-electron chi connectivity index (χ0n) is 21.2. The first-order chi connectivity index (χ1) is 15.8. The molecule has 0 unspecified atom stereocenters. The summed E-state index contributed by atoms with van der Waals surface area (Å²) in [5.41, 5.74) is 2.63. The van der Waals surface area contributed by atoms with Gasteiger partial charge >= 0.3 is 6.03 Å². The van der Waals surface area contributed by atoms with E-state index in [0.29, 0.717) is 38.5 Å². The van der Waals surface area contributed by atoms with Crippen molar-refractivity contribution in [2.45, 2.75) is 92.0 Å². The summed E-state index contributed by atoms with van der Waals surface area (Å²) in [5, 5.41) is 5.27. The molecular formula is C28H36N2O4. The number of benzene rings is 1. The van der Waals surface area contributed by atoms with E-state index in [1.807, 2.05) is 26.0 Å². The number of hydrogen-bond donors (Lipinski definition) is 2. The van der Waals surface area contributed by atoms with Crippen molar-refractivity contribution in [2.24, 2.45) is 10.8 Å². The molecule has 34 heavy (non-hydrogen) atoms. The maximum Gasteiger partial charge on any atom is 0.321 e. The average Bonchev–Trinajstić information content (AvgIpc) is 2.71. The number of Topliss-reactive ketones (excluding diaryl/α,β-unsaturated/α-hetero) is 2. The fourth-order valence-electron chi connectivity index (χ4n) is 5.39. The molecule has 2 fully saturated rings.